The molecule has 0 bridgehead atoms. The second-order valence-corrected chi connectivity index (χ2v) is 6.11. The maximum absolute atomic E-state index is 12.6. The molecule has 0 aromatic heterocycles. The predicted molar refractivity (Wildman–Crippen MR) is 68.1 cm³/mol. The van der Waals surface area contributed by atoms with Crippen molar-refractivity contribution in [2.24, 2.45) is 11.3 Å². The quantitative estimate of drug-likeness (QED) is 0.773. The van der Waals surface area contributed by atoms with Crippen LogP contribution in [0.3, 0.4) is 0 Å². The van der Waals surface area contributed by atoms with Crippen LogP contribution >= 0.6 is 0 Å². The minimum absolute atomic E-state index is 0.243. The molecule has 104 valence electrons. The number of hydrogen-bond acceptors (Lipinski definition) is 3. The third-order valence-corrected chi connectivity index (χ3v) is 4.93. The molecule has 0 atom stereocenters. The van der Waals surface area contributed by atoms with Gasteiger partial charge in [-0.05, 0) is 31.6 Å². The molecule has 19 heavy (non-hydrogen) atoms. The summed E-state index contributed by atoms with van der Waals surface area (Å²) in [4.78, 5) is 38.0. The van der Waals surface area contributed by atoms with Gasteiger partial charge in [-0.1, -0.05) is 25.7 Å². The van der Waals surface area contributed by atoms with Crippen molar-refractivity contribution < 1.29 is 14.4 Å². The Balaban J connectivity index is 1.82. The third kappa shape index (κ3) is 1.95. The molecule has 0 aromatic carbocycles. The van der Waals surface area contributed by atoms with E-state index in [-0.39, 0.29) is 11.8 Å². The van der Waals surface area contributed by atoms with Gasteiger partial charge in [0, 0.05) is 6.54 Å². The third-order valence-electron chi connectivity index (χ3n) is 4.93. The number of barbiturate groups is 1. The normalized spacial score (nSPS) is 27.4. The van der Waals surface area contributed by atoms with Gasteiger partial charge in [0.1, 0.15) is 5.41 Å². The lowest BCUT2D eigenvalue weighted by atomic mass is 9.71. The maximum atomic E-state index is 12.6. The lowest BCUT2D eigenvalue weighted by Gasteiger charge is -2.43. The standard InChI is InChI=1S/C14H20N2O3/c17-11-14(7-2-1-3-8-14)12(18)16(13(19)15-11)9-10-5-4-6-10/h10H,1-9H2,(H,15,17,19). The number of carbonyl (C=O) groups excluding carboxylic acids is 3. The Morgan fingerprint density at radius 1 is 1.05 bits per heavy atom. The summed E-state index contributed by atoms with van der Waals surface area (Å²) in [7, 11) is 0. The Morgan fingerprint density at radius 3 is 2.32 bits per heavy atom. The first-order valence-electron chi connectivity index (χ1n) is 7.31. The number of nitrogens with one attached hydrogen (secondary N) is 1. The molecular formula is C14H20N2O3. The van der Waals surface area contributed by atoms with Gasteiger partial charge in [-0.15, -0.1) is 0 Å². The Morgan fingerprint density at radius 2 is 1.74 bits per heavy atom. The molecule has 5 heteroatoms. The average Bonchev–Trinajstić information content (AvgIpc) is 2.36. The predicted octanol–water partition coefficient (Wildman–Crippen LogP) is 1.82. The number of imide groups is 2. The molecule has 5 nitrogen and oxygen atoms in total. The topological polar surface area (TPSA) is 66.5 Å². The molecule has 1 aliphatic heterocycles. The Hall–Kier alpha value is -1.39. The Labute approximate surface area is 112 Å². The van der Waals surface area contributed by atoms with Crippen LogP contribution < -0.4 is 5.32 Å². The molecule has 0 aromatic rings. The SMILES string of the molecule is O=C1NC(=O)C2(CCCCC2)C(=O)N1CC1CCC1. The van der Waals surface area contributed by atoms with Gasteiger partial charge in [0.25, 0.3) is 0 Å². The zero-order chi connectivity index (χ0) is 13.5. The van der Waals surface area contributed by atoms with E-state index in [2.05, 4.69) is 5.32 Å². The highest BCUT2D eigenvalue weighted by Crippen LogP contribution is 2.41. The molecule has 1 heterocycles. The van der Waals surface area contributed by atoms with E-state index in [4.69, 9.17) is 0 Å². The van der Waals surface area contributed by atoms with Gasteiger partial charge in [0.2, 0.25) is 11.8 Å². The van der Waals surface area contributed by atoms with E-state index < -0.39 is 11.4 Å². The smallest absolute Gasteiger partial charge is 0.277 e. The molecule has 3 rings (SSSR count). The first-order valence-corrected chi connectivity index (χ1v) is 7.31. The largest absolute Gasteiger partial charge is 0.330 e. The first-order chi connectivity index (χ1) is 9.13. The Kier molecular flexibility index (Phi) is 3.07. The van der Waals surface area contributed by atoms with Crippen LogP contribution in [-0.4, -0.2) is 29.3 Å². The lowest BCUT2D eigenvalue weighted by Crippen LogP contribution is -2.65. The highest BCUT2D eigenvalue weighted by Gasteiger charge is 2.54. The summed E-state index contributed by atoms with van der Waals surface area (Å²) in [6.45, 7) is 0.486. The second kappa shape index (κ2) is 4.62. The van der Waals surface area contributed by atoms with Gasteiger partial charge in [0.15, 0.2) is 0 Å². The van der Waals surface area contributed by atoms with E-state index in [1.807, 2.05) is 0 Å². The first kappa shape index (κ1) is 12.6. The van der Waals surface area contributed by atoms with Crippen LogP contribution in [0.4, 0.5) is 4.79 Å². The van der Waals surface area contributed by atoms with Crippen molar-refractivity contribution in [3.05, 3.63) is 0 Å². The van der Waals surface area contributed by atoms with Gasteiger partial charge in [0.05, 0.1) is 0 Å². The molecule has 0 radical (unpaired) electrons. The molecule has 1 spiro atoms. The van der Waals surface area contributed by atoms with Gasteiger partial charge in [-0.2, -0.15) is 0 Å². The van der Waals surface area contributed by atoms with E-state index in [9.17, 15) is 14.4 Å². The molecule has 4 amide bonds. The molecule has 3 fully saturated rings. The molecule has 2 aliphatic carbocycles. The van der Waals surface area contributed by atoms with E-state index in [1.165, 1.54) is 11.3 Å². The summed E-state index contributed by atoms with van der Waals surface area (Å²) in [5, 5.41) is 2.40. The molecule has 1 N–H and O–H groups in total. The van der Waals surface area contributed by atoms with Gasteiger partial charge in [-0.3, -0.25) is 19.8 Å². The van der Waals surface area contributed by atoms with Crippen LogP contribution in [0.2, 0.25) is 0 Å². The second-order valence-electron chi connectivity index (χ2n) is 6.11. The highest BCUT2D eigenvalue weighted by molar-refractivity contribution is 6.19. The summed E-state index contributed by atoms with van der Waals surface area (Å²) in [5.41, 5.74) is -0.949. The van der Waals surface area contributed by atoms with Gasteiger partial charge < -0.3 is 0 Å². The van der Waals surface area contributed by atoms with Crippen LogP contribution in [-0.2, 0) is 9.59 Å². The highest BCUT2D eigenvalue weighted by atomic mass is 16.2. The summed E-state index contributed by atoms with van der Waals surface area (Å²) < 4.78 is 0. The Bertz CT molecular complexity index is 422. The maximum Gasteiger partial charge on any atom is 0.330 e. The summed E-state index contributed by atoms with van der Waals surface area (Å²) in [5.74, 6) is -0.177. The molecule has 2 saturated carbocycles. The number of amides is 4. The van der Waals surface area contributed by atoms with Gasteiger partial charge in [-0.25, -0.2) is 4.79 Å². The molecule has 1 saturated heterocycles. The van der Waals surface area contributed by atoms with Crippen molar-refractivity contribution in [1.29, 1.82) is 0 Å². The fraction of sp³-hybridized carbons (Fsp3) is 0.786. The number of hydrogen-bond donors (Lipinski definition) is 1. The van der Waals surface area contributed by atoms with E-state index >= 15 is 0 Å². The fourth-order valence-electron chi connectivity index (χ4n) is 3.43. The van der Waals surface area contributed by atoms with Crippen LogP contribution in [0.25, 0.3) is 0 Å². The lowest BCUT2D eigenvalue weighted by molar-refractivity contribution is -0.154. The van der Waals surface area contributed by atoms with Crippen molar-refractivity contribution >= 4 is 17.8 Å². The zero-order valence-electron chi connectivity index (χ0n) is 11.1. The van der Waals surface area contributed by atoms with Crippen LogP contribution in [0.5, 0.6) is 0 Å². The number of rotatable bonds is 2. The van der Waals surface area contributed by atoms with Crippen molar-refractivity contribution in [3.63, 3.8) is 0 Å². The summed E-state index contributed by atoms with van der Waals surface area (Å²) >= 11 is 0. The summed E-state index contributed by atoms with van der Waals surface area (Å²) in [6.07, 6.45) is 7.38. The average molecular weight is 264 g/mol. The van der Waals surface area contributed by atoms with E-state index in [0.717, 1.165) is 32.1 Å². The number of urea groups is 1. The molecular weight excluding hydrogens is 244 g/mol. The van der Waals surface area contributed by atoms with Crippen molar-refractivity contribution in [2.75, 3.05) is 6.54 Å². The van der Waals surface area contributed by atoms with Crippen LogP contribution in [0.15, 0.2) is 0 Å². The van der Waals surface area contributed by atoms with Crippen molar-refractivity contribution in [3.8, 4) is 0 Å². The zero-order valence-corrected chi connectivity index (χ0v) is 11.1. The van der Waals surface area contributed by atoms with Crippen molar-refractivity contribution in [1.82, 2.24) is 10.2 Å². The number of nitrogens with zero attached hydrogens (tertiary/aromatic N) is 1. The number of carbonyl (C=O) groups is 3. The summed E-state index contributed by atoms with van der Waals surface area (Å²) in [6, 6.07) is -0.516. The van der Waals surface area contributed by atoms with Crippen LogP contribution in [0.1, 0.15) is 51.4 Å². The van der Waals surface area contributed by atoms with E-state index in [1.54, 1.807) is 0 Å². The van der Waals surface area contributed by atoms with E-state index in [0.29, 0.717) is 25.3 Å². The van der Waals surface area contributed by atoms with Gasteiger partial charge >= 0.3 is 6.03 Å². The minimum atomic E-state index is -0.949. The monoisotopic (exact) mass is 264 g/mol. The molecule has 0 unspecified atom stereocenters. The fourth-order valence-corrected chi connectivity index (χ4v) is 3.43. The van der Waals surface area contributed by atoms with Crippen molar-refractivity contribution in [2.45, 2.75) is 51.4 Å². The molecule has 3 aliphatic rings. The van der Waals surface area contributed by atoms with Crippen LogP contribution in [0, 0.1) is 11.3 Å². The minimum Gasteiger partial charge on any atom is -0.277 e.